The summed E-state index contributed by atoms with van der Waals surface area (Å²) in [6, 6.07) is 5.81. The molecule has 2 N–H and O–H groups in total. The Bertz CT molecular complexity index is 654. The summed E-state index contributed by atoms with van der Waals surface area (Å²) in [5, 5.41) is 8.94. The van der Waals surface area contributed by atoms with Crippen LogP contribution in [0.4, 0.5) is 5.69 Å². The second kappa shape index (κ2) is 5.82. The predicted octanol–water partition coefficient (Wildman–Crippen LogP) is 0.422. The van der Waals surface area contributed by atoms with Crippen LogP contribution in [0.1, 0.15) is 13.3 Å². The van der Waals surface area contributed by atoms with E-state index in [-0.39, 0.29) is 30.3 Å². The number of sulfonamides is 1. The molecule has 1 amide bonds. The van der Waals surface area contributed by atoms with Crippen LogP contribution in [0.2, 0.25) is 0 Å². The zero-order valence-electron chi connectivity index (χ0n) is 11.4. The van der Waals surface area contributed by atoms with Gasteiger partial charge in [0.25, 0.3) is 0 Å². The zero-order valence-corrected chi connectivity index (χ0v) is 12.3. The maximum Gasteiger partial charge on any atom is 0.308 e. The van der Waals surface area contributed by atoms with E-state index in [4.69, 9.17) is 5.11 Å². The van der Waals surface area contributed by atoms with Crippen molar-refractivity contribution in [2.75, 3.05) is 18.0 Å². The fourth-order valence-corrected chi connectivity index (χ4v) is 3.24. The molecule has 8 heteroatoms. The highest BCUT2D eigenvalue weighted by molar-refractivity contribution is 7.89. The van der Waals surface area contributed by atoms with E-state index in [2.05, 4.69) is 4.72 Å². The van der Waals surface area contributed by atoms with Crippen LogP contribution < -0.4 is 9.62 Å². The number of nitrogens with zero attached hydrogens (tertiary/aromatic N) is 1. The number of carboxylic acid groups (broad SMARTS) is 1. The lowest BCUT2D eigenvalue weighted by atomic mass is 10.1. The van der Waals surface area contributed by atoms with E-state index in [0.717, 1.165) is 0 Å². The number of hydrogen-bond donors (Lipinski definition) is 2. The molecule has 0 bridgehead atoms. The van der Waals surface area contributed by atoms with Crippen molar-refractivity contribution >= 4 is 27.6 Å². The van der Waals surface area contributed by atoms with E-state index in [1.54, 1.807) is 6.92 Å². The quantitative estimate of drug-likeness (QED) is 0.820. The van der Waals surface area contributed by atoms with Crippen molar-refractivity contribution in [2.45, 2.75) is 18.2 Å². The number of nitrogens with one attached hydrogen (secondary N) is 1. The molecule has 0 radical (unpaired) electrons. The predicted molar refractivity (Wildman–Crippen MR) is 75.4 cm³/mol. The fraction of sp³-hybridized carbons (Fsp3) is 0.385. The first kappa shape index (κ1) is 15.5. The van der Waals surface area contributed by atoms with Crippen molar-refractivity contribution in [3.63, 3.8) is 0 Å². The van der Waals surface area contributed by atoms with Gasteiger partial charge >= 0.3 is 5.97 Å². The Morgan fingerprint density at radius 3 is 2.48 bits per heavy atom. The Kier molecular flexibility index (Phi) is 4.29. The van der Waals surface area contributed by atoms with E-state index >= 15 is 0 Å². The highest BCUT2D eigenvalue weighted by Gasteiger charge is 2.35. The molecule has 0 aliphatic carbocycles. The molecule has 1 saturated heterocycles. The molecule has 1 aromatic carbocycles. The number of benzene rings is 1. The topological polar surface area (TPSA) is 104 Å². The van der Waals surface area contributed by atoms with Crippen molar-refractivity contribution in [1.29, 1.82) is 0 Å². The maximum atomic E-state index is 11.8. The Hall–Kier alpha value is -1.93. The summed E-state index contributed by atoms with van der Waals surface area (Å²) in [5.74, 6) is -2.00. The van der Waals surface area contributed by atoms with E-state index in [1.165, 1.54) is 29.2 Å². The molecule has 1 heterocycles. The van der Waals surface area contributed by atoms with Gasteiger partial charge < -0.3 is 10.0 Å². The van der Waals surface area contributed by atoms with Crippen LogP contribution in [0.25, 0.3) is 0 Å². The lowest BCUT2D eigenvalue weighted by Gasteiger charge is -2.16. The molecule has 2 rings (SSSR count). The monoisotopic (exact) mass is 312 g/mol. The number of amides is 1. The summed E-state index contributed by atoms with van der Waals surface area (Å²) in [4.78, 5) is 24.2. The number of carbonyl (C=O) groups excluding carboxylic acids is 1. The Labute approximate surface area is 122 Å². The number of aliphatic carboxylic acids is 1. The van der Waals surface area contributed by atoms with Crippen LogP contribution in [-0.4, -0.2) is 38.5 Å². The molecule has 1 aliphatic heterocycles. The van der Waals surface area contributed by atoms with Crippen molar-refractivity contribution in [1.82, 2.24) is 4.72 Å². The molecule has 0 saturated carbocycles. The third-order valence-electron chi connectivity index (χ3n) is 3.27. The average Bonchev–Trinajstić information content (AvgIpc) is 2.81. The molecule has 0 spiro atoms. The van der Waals surface area contributed by atoms with E-state index in [1.807, 2.05) is 0 Å². The van der Waals surface area contributed by atoms with Gasteiger partial charge in [0.2, 0.25) is 15.9 Å². The lowest BCUT2D eigenvalue weighted by molar-refractivity contribution is -0.141. The summed E-state index contributed by atoms with van der Waals surface area (Å²) in [7, 11) is -3.54. The summed E-state index contributed by atoms with van der Waals surface area (Å²) in [6.45, 7) is 2.07. The van der Waals surface area contributed by atoms with Gasteiger partial charge in [0, 0.05) is 25.2 Å². The summed E-state index contributed by atoms with van der Waals surface area (Å²) in [5.41, 5.74) is 0.499. The smallest absolute Gasteiger partial charge is 0.308 e. The highest BCUT2D eigenvalue weighted by Crippen LogP contribution is 2.26. The average molecular weight is 312 g/mol. The fourth-order valence-electron chi connectivity index (χ4n) is 2.20. The van der Waals surface area contributed by atoms with Gasteiger partial charge in [0.1, 0.15) is 0 Å². The minimum Gasteiger partial charge on any atom is -0.481 e. The Morgan fingerprint density at radius 1 is 1.38 bits per heavy atom. The van der Waals surface area contributed by atoms with Crippen LogP contribution in [-0.2, 0) is 19.6 Å². The highest BCUT2D eigenvalue weighted by atomic mass is 32.2. The first-order valence-electron chi connectivity index (χ1n) is 6.48. The van der Waals surface area contributed by atoms with Gasteiger partial charge in [-0.05, 0) is 24.3 Å². The third-order valence-corrected chi connectivity index (χ3v) is 4.83. The largest absolute Gasteiger partial charge is 0.481 e. The van der Waals surface area contributed by atoms with Gasteiger partial charge in [-0.3, -0.25) is 9.59 Å². The zero-order chi connectivity index (χ0) is 15.6. The number of carboxylic acids is 1. The first-order valence-corrected chi connectivity index (χ1v) is 7.96. The molecular weight excluding hydrogens is 296 g/mol. The second-order valence-electron chi connectivity index (χ2n) is 4.74. The number of hydrogen-bond acceptors (Lipinski definition) is 4. The van der Waals surface area contributed by atoms with Crippen molar-refractivity contribution in [2.24, 2.45) is 5.92 Å². The summed E-state index contributed by atoms with van der Waals surface area (Å²) in [6.07, 6.45) is -0.0349. The summed E-state index contributed by atoms with van der Waals surface area (Å²) >= 11 is 0. The van der Waals surface area contributed by atoms with Crippen molar-refractivity contribution < 1.29 is 23.1 Å². The van der Waals surface area contributed by atoms with Gasteiger partial charge in [0.05, 0.1) is 10.8 Å². The molecule has 1 aromatic rings. The molecule has 0 aromatic heterocycles. The van der Waals surface area contributed by atoms with Crippen LogP contribution >= 0.6 is 0 Å². The molecule has 1 aliphatic rings. The van der Waals surface area contributed by atoms with Gasteiger partial charge in [-0.25, -0.2) is 13.1 Å². The van der Waals surface area contributed by atoms with Gasteiger partial charge in [-0.2, -0.15) is 0 Å². The normalized spacial score (nSPS) is 19.0. The van der Waals surface area contributed by atoms with Crippen molar-refractivity contribution in [3.05, 3.63) is 24.3 Å². The van der Waals surface area contributed by atoms with Gasteiger partial charge in [0.15, 0.2) is 0 Å². The minimum absolute atomic E-state index is 0.0349. The molecule has 7 nitrogen and oxygen atoms in total. The second-order valence-corrected chi connectivity index (χ2v) is 6.51. The van der Waals surface area contributed by atoms with Crippen LogP contribution in [0.15, 0.2) is 29.2 Å². The van der Waals surface area contributed by atoms with E-state index < -0.39 is 21.9 Å². The maximum absolute atomic E-state index is 11.8. The minimum atomic E-state index is -3.54. The SMILES string of the molecule is CCNS(=O)(=O)c1ccc(N2CC(C(=O)O)CC2=O)cc1. The Balaban J connectivity index is 2.20. The number of carbonyl (C=O) groups is 2. The Morgan fingerprint density at radius 2 is 2.00 bits per heavy atom. The number of anilines is 1. The molecule has 21 heavy (non-hydrogen) atoms. The summed E-state index contributed by atoms with van der Waals surface area (Å²) < 4.78 is 26.0. The third kappa shape index (κ3) is 3.22. The first-order chi connectivity index (χ1) is 9.85. The molecule has 114 valence electrons. The molecule has 1 fully saturated rings. The van der Waals surface area contributed by atoms with Gasteiger partial charge in [-0.1, -0.05) is 6.92 Å². The molecular formula is C13H16N2O5S. The van der Waals surface area contributed by atoms with Gasteiger partial charge in [-0.15, -0.1) is 0 Å². The molecule has 1 unspecified atom stereocenters. The number of rotatable bonds is 5. The van der Waals surface area contributed by atoms with E-state index in [9.17, 15) is 18.0 Å². The van der Waals surface area contributed by atoms with Crippen LogP contribution in [0.5, 0.6) is 0 Å². The lowest BCUT2D eigenvalue weighted by Crippen LogP contribution is -2.26. The van der Waals surface area contributed by atoms with Crippen LogP contribution in [0.3, 0.4) is 0 Å². The molecule has 1 atom stereocenters. The van der Waals surface area contributed by atoms with Crippen LogP contribution in [0, 0.1) is 5.92 Å². The van der Waals surface area contributed by atoms with Crippen molar-refractivity contribution in [3.8, 4) is 0 Å². The van der Waals surface area contributed by atoms with E-state index in [0.29, 0.717) is 5.69 Å². The standard InChI is InChI=1S/C13H16N2O5S/c1-2-14-21(19,20)11-5-3-10(4-6-11)15-8-9(13(17)18)7-12(15)16/h3-6,9,14H,2,7-8H2,1H3,(H,17,18).